The van der Waals surface area contributed by atoms with Gasteiger partial charge in [-0.15, -0.1) is 0 Å². The van der Waals surface area contributed by atoms with Crippen molar-refractivity contribution in [3.05, 3.63) is 28.8 Å². The van der Waals surface area contributed by atoms with Crippen LogP contribution < -0.4 is 5.32 Å². The third-order valence-corrected chi connectivity index (χ3v) is 3.27. The summed E-state index contributed by atoms with van der Waals surface area (Å²) in [5.74, 6) is 0. The summed E-state index contributed by atoms with van der Waals surface area (Å²) >= 11 is 6.05. The van der Waals surface area contributed by atoms with Gasteiger partial charge in [-0.05, 0) is 44.9 Å². The highest BCUT2D eigenvalue weighted by molar-refractivity contribution is 6.31. The Kier molecular flexibility index (Phi) is 4.63. The van der Waals surface area contributed by atoms with Gasteiger partial charge in [-0.3, -0.25) is 0 Å². The Balaban J connectivity index is 2.53. The molecule has 1 rings (SSSR count). The molecule has 0 heterocycles. The molecule has 0 aliphatic carbocycles. The zero-order valence-electron chi connectivity index (χ0n) is 10.4. The van der Waals surface area contributed by atoms with Crippen molar-refractivity contribution < 1.29 is 4.74 Å². The maximum absolute atomic E-state index is 6.05. The second-order valence-electron chi connectivity index (χ2n) is 4.55. The first-order valence-corrected chi connectivity index (χ1v) is 5.88. The second-order valence-corrected chi connectivity index (χ2v) is 4.96. The number of hydrogen-bond acceptors (Lipinski definition) is 2. The summed E-state index contributed by atoms with van der Waals surface area (Å²) in [6.45, 7) is 7.06. The molecule has 0 bridgehead atoms. The van der Waals surface area contributed by atoms with E-state index < -0.39 is 0 Å². The molecule has 0 aromatic heterocycles. The maximum Gasteiger partial charge on any atom is 0.0639 e. The number of anilines is 1. The van der Waals surface area contributed by atoms with Crippen molar-refractivity contribution >= 4 is 17.3 Å². The zero-order valence-corrected chi connectivity index (χ0v) is 11.2. The van der Waals surface area contributed by atoms with Crippen LogP contribution in [0.25, 0.3) is 0 Å². The van der Waals surface area contributed by atoms with Crippen molar-refractivity contribution in [2.45, 2.75) is 32.8 Å². The normalized spacial score (nSPS) is 11.6. The zero-order chi connectivity index (χ0) is 12.2. The molecular formula is C13H20ClNO. The summed E-state index contributed by atoms with van der Waals surface area (Å²) in [5.41, 5.74) is 2.11. The summed E-state index contributed by atoms with van der Waals surface area (Å²) < 4.78 is 5.36. The van der Waals surface area contributed by atoms with E-state index in [1.165, 1.54) is 0 Å². The van der Waals surface area contributed by atoms with Gasteiger partial charge in [-0.1, -0.05) is 17.7 Å². The Morgan fingerprint density at radius 3 is 2.69 bits per heavy atom. The predicted octanol–water partition coefficient (Wildman–Crippen LogP) is 3.88. The molecule has 0 unspecified atom stereocenters. The minimum Gasteiger partial charge on any atom is -0.385 e. The lowest BCUT2D eigenvalue weighted by Gasteiger charge is -2.23. The van der Waals surface area contributed by atoms with Crippen LogP contribution in [-0.4, -0.2) is 19.3 Å². The van der Waals surface area contributed by atoms with Crippen LogP contribution in [0.2, 0.25) is 5.02 Å². The van der Waals surface area contributed by atoms with Crippen molar-refractivity contribution in [2.24, 2.45) is 0 Å². The van der Waals surface area contributed by atoms with Crippen molar-refractivity contribution in [3.63, 3.8) is 0 Å². The van der Waals surface area contributed by atoms with Crippen LogP contribution in [0.1, 0.15) is 25.8 Å². The Hall–Kier alpha value is -0.730. The van der Waals surface area contributed by atoms with E-state index in [9.17, 15) is 0 Å². The van der Waals surface area contributed by atoms with Crippen LogP contribution in [-0.2, 0) is 4.74 Å². The SMILES string of the molecule is COC(C)(C)CCNc1cccc(Cl)c1C. The molecular weight excluding hydrogens is 222 g/mol. The highest BCUT2D eigenvalue weighted by Gasteiger charge is 2.15. The van der Waals surface area contributed by atoms with Gasteiger partial charge in [0, 0.05) is 24.4 Å². The predicted molar refractivity (Wildman–Crippen MR) is 70.4 cm³/mol. The van der Waals surface area contributed by atoms with Crippen molar-refractivity contribution in [1.82, 2.24) is 0 Å². The lowest BCUT2D eigenvalue weighted by molar-refractivity contribution is 0.0185. The van der Waals surface area contributed by atoms with Crippen LogP contribution >= 0.6 is 11.6 Å². The van der Waals surface area contributed by atoms with Gasteiger partial charge in [-0.2, -0.15) is 0 Å². The summed E-state index contributed by atoms with van der Waals surface area (Å²) in [5, 5.41) is 4.18. The van der Waals surface area contributed by atoms with Gasteiger partial charge in [0.2, 0.25) is 0 Å². The third kappa shape index (κ3) is 3.69. The molecule has 1 aromatic carbocycles. The van der Waals surface area contributed by atoms with Crippen LogP contribution in [0.4, 0.5) is 5.69 Å². The molecule has 0 spiro atoms. The molecule has 0 aliphatic heterocycles. The van der Waals surface area contributed by atoms with Crippen LogP contribution in [0.5, 0.6) is 0 Å². The lowest BCUT2D eigenvalue weighted by Crippen LogP contribution is -2.25. The van der Waals surface area contributed by atoms with Gasteiger partial charge >= 0.3 is 0 Å². The van der Waals surface area contributed by atoms with Gasteiger partial charge in [0.1, 0.15) is 0 Å². The van der Waals surface area contributed by atoms with Gasteiger partial charge in [-0.25, -0.2) is 0 Å². The van der Waals surface area contributed by atoms with E-state index >= 15 is 0 Å². The average Bonchev–Trinajstić information content (AvgIpc) is 2.24. The van der Waals surface area contributed by atoms with E-state index in [4.69, 9.17) is 16.3 Å². The summed E-state index contributed by atoms with van der Waals surface area (Å²) in [6, 6.07) is 5.90. The van der Waals surface area contributed by atoms with Gasteiger partial charge in [0.05, 0.1) is 5.60 Å². The molecule has 90 valence electrons. The summed E-state index contributed by atoms with van der Waals surface area (Å²) in [7, 11) is 1.74. The third-order valence-electron chi connectivity index (χ3n) is 2.86. The minimum absolute atomic E-state index is 0.0838. The monoisotopic (exact) mass is 241 g/mol. The van der Waals surface area contributed by atoms with E-state index in [-0.39, 0.29) is 5.60 Å². The highest BCUT2D eigenvalue weighted by atomic mass is 35.5. The first-order valence-electron chi connectivity index (χ1n) is 5.50. The first-order chi connectivity index (χ1) is 7.46. The molecule has 0 saturated carbocycles. The molecule has 0 saturated heterocycles. The van der Waals surface area contributed by atoms with Crippen molar-refractivity contribution in [3.8, 4) is 0 Å². The number of rotatable bonds is 5. The molecule has 0 aliphatic rings. The Labute approximate surface area is 103 Å². The van der Waals surface area contributed by atoms with Gasteiger partial charge < -0.3 is 10.1 Å². The van der Waals surface area contributed by atoms with E-state index in [0.29, 0.717) is 0 Å². The number of nitrogens with one attached hydrogen (secondary N) is 1. The van der Waals surface area contributed by atoms with E-state index in [1.54, 1.807) is 7.11 Å². The fourth-order valence-electron chi connectivity index (χ4n) is 1.40. The second kappa shape index (κ2) is 5.55. The number of methoxy groups -OCH3 is 1. The number of halogens is 1. The quantitative estimate of drug-likeness (QED) is 0.845. The molecule has 1 N–H and O–H groups in total. The average molecular weight is 242 g/mol. The molecule has 0 amide bonds. The standard InChI is InChI=1S/C13H20ClNO/c1-10-11(14)6-5-7-12(10)15-9-8-13(2,3)16-4/h5-7,15H,8-9H2,1-4H3. The molecule has 1 aromatic rings. The molecule has 3 heteroatoms. The Bertz CT molecular complexity index is 350. The molecule has 0 atom stereocenters. The lowest BCUT2D eigenvalue weighted by atomic mass is 10.1. The molecule has 2 nitrogen and oxygen atoms in total. The van der Waals surface area contributed by atoms with Crippen molar-refractivity contribution in [2.75, 3.05) is 19.0 Å². The smallest absolute Gasteiger partial charge is 0.0639 e. The fourth-order valence-corrected chi connectivity index (χ4v) is 1.57. The molecule has 0 fully saturated rings. The van der Waals surface area contributed by atoms with Gasteiger partial charge in [0.15, 0.2) is 0 Å². The number of benzene rings is 1. The Morgan fingerprint density at radius 1 is 1.38 bits per heavy atom. The fraction of sp³-hybridized carbons (Fsp3) is 0.538. The van der Waals surface area contributed by atoms with Crippen molar-refractivity contribution in [1.29, 1.82) is 0 Å². The molecule has 16 heavy (non-hydrogen) atoms. The Morgan fingerprint density at radius 2 is 2.06 bits per heavy atom. The highest BCUT2D eigenvalue weighted by Crippen LogP contribution is 2.23. The van der Waals surface area contributed by atoms with Gasteiger partial charge in [0.25, 0.3) is 0 Å². The number of hydrogen-bond donors (Lipinski definition) is 1. The summed E-state index contributed by atoms with van der Waals surface area (Å²) in [4.78, 5) is 0. The van der Waals surface area contributed by atoms with E-state index in [1.807, 2.05) is 25.1 Å². The van der Waals surface area contributed by atoms with Crippen LogP contribution in [0.3, 0.4) is 0 Å². The minimum atomic E-state index is -0.0838. The van der Waals surface area contributed by atoms with Crippen LogP contribution in [0, 0.1) is 6.92 Å². The first kappa shape index (κ1) is 13.3. The topological polar surface area (TPSA) is 21.3 Å². The number of ether oxygens (including phenoxy) is 1. The van der Waals surface area contributed by atoms with E-state index in [0.717, 1.165) is 29.2 Å². The summed E-state index contributed by atoms with van der Waals surface area (Å²) in [6.07, 6.45) is 0.954. The van der Waals surface area contributed by atoms with Crippen LogP contribution in [0.15, 0.2) is 18.2 Å². The van der Waals surface area contributed by atoms with E-state index in [2.05, 4.69) is 19.2 Å². The largest absolute Gasteiger partial charge is 0.385 e. The molecule has 0 radical (unpaired) electrons. The maximum atomic E-state index is 6.05.